The Kier molecular flexibility index (Phi) is 4.57. The van der Waals surface area contributed by atoms with Crippen LogP contribution in [-0.4, -0.2) is 37.2 Å². The van der Waals surface area contributed by atoms with Crippen molar-refractivity contribution in [2.24, 2.45) is 4.99 Å². The normalized spacial score (nSPS) is 23.8. The van der Waals surface area contributed by atoms with Gasteiger partial charge in [-0.3, -0.25) is 4.99 Å². The van der Waals surface area contributed by atoms with Gasteiger partial charge in [-0.1, -0.05) is 59.3 Å². The molecule has 0 spiro atoms. The Morgan fingerprint density at radius 1 is 1.08 bits per heavy atom. The largest absolute Gasteiger partial charge is 0.315 e. The number of nitrogens with zero attached hydrogens (tertiary/aromatic N) is 2. The van der Waals surface area contributed by atoms with Crippen molar-refractivity contribution in [2.45, 2.75) is 31.7 Å². The third-order valence-corrected chi connectivity index (χ3v) is 7.61. The predicted octanol–water partition coefficient (Wildman–Crippen LogP) is 3.58. The lowest BCUT2D eigenvalue weighted by Gasteiger charge is -2.26. The van der Waals surface area contributed by atoms with Gasteiger partial charge in [0, 0.05) is 11.4 Å². The number of hydrogen-bond donors (Lipinski definition) is 0. The Morgan fingerprint density at radius 2 is 1.85 bits per heavy atom. The number of anilines is 1. The molecule has 2 aliphatic heterocycles. The van der Waals surface area contributed by atoms with Gasteiger partial charge in [0.1, 0.15) is 0 Å². The number of fused-ring (bicyclic) bond motifs is 1. The highest BCUT2D eigenvalue weighted by Crippen LogP contribution is 2.36. The zero-order valence-corrected chi connectivity index (χ0v) is 16.6. The van der Waals surface area contributed by atoms with E-state index in [4.69, 9.17) is 4.99 Å². The van der Waals surface area contributed by atoms with Gasteiger partial charge in [0.05, 0.1) is 23.6 Å². The van der Waals surface area contributed by atoms with Crippen molar-refractivity contribution in [3.63, 3.8) is 0 Å². The van der Waals surface area contributed by atoms with Crippen LogP contribution in [0.2, 0.25) is 0 Å². The molecule has 2 aromatic rings. The number of benzene rings is 2. The fraction of sp³-hybridized carbons (Fsp3) is 0.350. The number of sulfone groups is 1. The van der Waals surface area contributed by atoms with Crippen LogP contribution in [0.15, 0.2) is 53.5 Å². The summed E-state index contributed by atoms with van der Waals surface area (Å²) in [4.78, 5) is 6.92. The summed E-state index contributed by atoms with van der Waals surface area (Å²) >= 11 is 1.69. The van der Waals surface area contributed by atoms with E-state index in [1.54, 1.807) is 11.8 Å². The van der Waals surface area contributed by atoms with Gasteiger partial charge < -0.3 is 4.90 Å². The van der Waals surface area contributed by atoms with Crippen LogP contribution in [-0.2, 0) is 15.6 Å². The highest BCUT2D eigenvalue weighted by atomic mass is 32.2. The van der Waals surface area contributed by atoms with Gasteiger partial charge in [-0.15, -0.1) is 0 Å². The third kappa shape index (κ3) is 3.53. The highest BCUT2D eigenvalue weighted by Gasteiger charge is 2.47. The van der Waals surface area contributed by atoms with Crippen LogP contribution in [0, 0.1) is 13.8 Å². The molecule has 0 bridgehead atoms. The number of amidine groups is 1. The smallest absolute Gasteiger partial charge is 0.164 e. The average Bonchev–Trinajstić information content (AvgIpc) is 3.05. The maximum absolute atomic E-state index is 12.1. The van der Waals surface area contributed by atoms with E-state index in [0.717, 1.165) is 16.6 Å². The number of thioether (sulfide) groups is 1. The second kappa shape index (κ2) is 6.74. The molecular formula is C20H22N2O2S2. The molecule has 2 aromatic carbocycles. The van der Waals surface area contributed by atoms with E-state index in [2.05, 4.69) is 67.3 Å². The van der Waals surface area contributed by atoms with Crippen LogP contribution >= 0.6 is 11.8 Å². The zero-order chi connectivity index (χ0) is 18.3. The first-order valence-corrected chi connectivity index (χ1v) is 11.5. The molecule has 2 unspecified atom stereocenters. The summed E-state index contributed by atoms with van der Waals surface area (Å²) in [7, 11) is -3.01. The van der Waals surface area contributed by atoms with Crippen molar-refractivity contribution in [3.05, 3.63) is 65.2 Å². The van der Waals surface area contributed by atoms with E-state index < -0.39 is 9.84 Å². The maximum atomic E-state index is 12.1. The van der Waals surface area contributed by atoms with Gasteiger partial charge in [-0.2, -0.15) is 0 Å². The number of aliphatic imine (C=N–C) groups is 1. The van der Waals surface area contributed by atoms with E-state index >= 15 is 0 Å². The quantitative estimate of drug-likeness (QED) is 0.809. The summed E-state index contributed by atoms with van der Waals surface area (Å²) in [6.07, 6.45) is 0. The molecule has 0 saturated carbocycles. The minimum atomic E-state index is -3.01. The van der Waals surface area contributed by atoms with Gasteiger partial charge in [-0.25, -0.2) is 8.42 Å². The van der Waals surface area contributed by atoms with Gasteiger partial charge in [0.15, 0.2) is 15.0 Å². The van der Waals surface area contributed by atoms with Crippen molar-refractivity contribution >= 4 is 32.5 Å². The molecule has 1 fully saturated rings. The van der Waals surface area contributed by atoms with Gasteiger partial charge in [0.2, 0.25) is 0 Å². The molecule has 0 aromatic heterocycles. The summed E-state index contributed by atoms with van der Waals surface area (Å²) < 4.78 is 24.2. The molecule has 0 aliphatic carbocycles. The van der Waals surface area contributed by atoms with Crippen LogP contribution in [0.5, 0.6) is 0 Å². The molecule has 6 heteroatoms. The Balaban J connectivity index is 1.61. The maximum Gasteiger partial charge on any atom is 0.164 e. The van der Waals surface area contributed by atoms with E-state index in [9.17, 15) is 8.42 Å². The SMILES string of the molecule is Cc1ccc(N2C(SCc3cccc(C)c3)=NC3CS(=O)(=O)CC32)cc1. The lowest BCUT2D eigenvalue weighted by Crippen LogP contribution is -2.39. The van der Waals surface area contributed by atoms with Crippen LogP contribution < -0.4 is 4.90 Å². The van der Waals surface area contributed by atoms with E-state index in [1.165, 1.54) is 16.7 Å². The van der Waals surface area contributed by atoms with Crippen LogP contribution in [0.4, 0.5) is 5.69 Å². The Bertz CT molecular complexity index is 952. The van der Waals surface area contributed by atoms with Crippen molar-refractivity contribution in [1.82, 2.24) is 0 Å². The molecule has 4 nitrogen and oxygen atoms in total. The van der Waals surface area contributed by atoms with Crippen LogP contribution in [0.3, 0.4) is 0 Å². The van der Waals surface area contributed by atoms with Crippen molar-refractivity contribution in [3.8, 4) is 0 Å². The van der Waals surface area contributed by atoms with E-state index in [1.807, 2.05) is 0 Å². The minimum absolute atomic E-state index is 0.0808. The van der Waals surface area contributed by atoms with E-state index in [-0.39, 0.29) is 23.6 Å². The van der Waals surface area contributed by atoms with Crippen molar-refractivity contribution in [1.29, 1.82) is 0 Å². The second-order valence-electron chi connectivity index (χ2n) is 7.11. The van der Waals surface area contributed by atoms with Crippen molar-refractivity contribution in [2.75, 3.05) is 16.4 Å². The summed E-state index contributed by atoms with van der Waals surface area (Å²) in [5.74, 6) is 1.17. The third-order valence-electron chi connectivity index (χ3n) is 4.87. The monoisotopic (exact) mass is 386 g/mol. The molecule has 4 rings (SSSR count). The summed E-state index contributed by atoms with van der Waals surface area (Å²) in [5.41, 5.74) is 4.71. The summed E-state index contributed by atoms with van der Waals surface area (Å²) in [6, 6.07) is 16.5. The predicted molar refractivity (Wildman–Crippen MR) is 110 cm³/mol. The molecule has 2 atom stereocenters. The number of hydrogen-bond acceptors (Lipinski definition) is 5. The number of aryl methyl sites for hydroxylation is 2. The first-order valence-electron chi connectivity index (χ1n) is 8.74. The lowest BCUT2D eigenvalue weighted by molar-refractivity contribution is 0.601. The fourth-order valence-electron chi connectivity index (χ4n) is 3.59. The van der Waals surface area contributed by atoms with E-state index in [0.29, 0.717) is 0 Å². The molecule has 26 heavy (non-hydrogen) atoms. The molecular weight excluding hydrogens is 364 g/mol. The Labute approximate surface area is 159 Å². The molecule has 1 saturated heterocycles. The molecule has 0 radical (unpaired) electrons. The van der Waals surface area contributed by atoms with Gasteiger partial charge in [-0.05, 0) is 31.5 Å². The zero-order valence-electron chi connectivity index (χ0n) is 14.9. The molecule has 0 N–H and O–H groups in total. The van der Waals surface area contributed by atoms with Crippen LogP contribution in [0.25, 0.3) is 0 Å². The summed E-state index contributed by atoms with van der Waals surface area (Å²) in [5, 5.41) is 0.931. The highest BCUT2D eigenvalue weighted by molar-refractivity contribution is 8.13. The van der Waals surface area contributed by atoms with Gasteiger partial charge >= 0.3 is 0 Å². The first-order chi connectivity index (χ1) is 12.4. The lowest BCUT2D eigenvalue weighted by atomic mass is 10.1. The molecule has 136 valence electrons. The average molecular weight is 387 g/mol. The minimum Gasteiger partial charge on any atom is -0.315 e. The molecule has 0 amide bonds. The first kappa shape index (κ1) is 17.6. The Hall–Kier alpha value is -1.79. The molecule has 2 heterocycles. The summed E-state index contributed by atoms with van der Waals surface area (Å²) in [6.45, 7) is 4.15. The molecule has 2 aliphatic rings. The van der Waals surface area contributed by atoms with Crippen molar-refractivity contribution < 1.29 is 8.42 Å². The van der Waals surface area contributed by atoms with Crippen LogP contribution in [0.1, 0.15) is 16.7 Å². The van der Waals surface area contributed by atoms with Gasteiger partial charge in [0.25, 0.3) is 0 Å². The standard InChI is InChI=1S/C20H22N2O2S2/c1-14-6-8-17(9-7-14)22-19-13-26(23,24)12-18(19)21-20(22)25-11-16-5-3-4-15(2)10-16/h3-10,18-19H,11-13H2,1-2H3. The Morgan fingerprint density at radius 3 is 2.58 bits per heavy atom. The fourth-order valence-corrected chi connectivity index (χ4v) is 6.50. The second-order valence-corrected chi connectivity index (χ2v) is 10.2. The topological polar surface area (TPSA) is 49.7 Å². The number of rotatable bonds is 3.